The molecule has 1 aromatic carbocycles. The third-order valence-corrected chi connectivity index (χ3v) is 4.62. The van der Waals surface area contributed by atoms with Crippen molar-refractivity contribution in [2.24, 2.45) is 0 Å². The largest absolute Gasteiger partial charge is 0.300 e. The zero-order chi connectivity index (χ0) is 18.1. The van der Waals surface area contributed by atoms with Crippen LogP contribution in [-0.4, -0.2) is 11.4 Å². The summed E-state index contributed by atoms with van der Waals surface area (Å²) in [4.78, 5) is 22.8. The first-order chi connectivity index (χ1) is 11.4. The fourth-order valence-corrected chi connectivity index (χ4v) is 2.94. The molecule has 2 nitrogen and oxygen atoms in total. The second-order valence-electron chi connectivity index (χ2n) is 5.95. The van der Waals surface area contributed by atoms with Crippen LogP contribution in [0.1, 0.15) is 50.3 Å². The van der Waals surface area contributed by atoms with Gasteiger partial charge in [0.05, 0.1) is 0 Å². The summed E-state index contributed by atoms with van der Waals surface area (Å²) in [6, 6.07) is 6.42. The highest BCUT2D eigenvalue weighted by Crippen LogP contribution is 2.28. The number of aryl methyl sites for hydroxylation is 2. The number of carbonyl (C=O) groups excluding carboxylic acids is 2. The van der Waals surface area contributed by atoms with E-state index in [1.807, 2.05) is 19.9 Å². The van der Waals surface area contributed by atoms with Crippen LogP contribution in [0.4, 0.5) is 0 Å². The summed E-state index contributed by atoms with van der Waals surface area (Å²) in [5.41, 5.74) is 6.35. The normalized spacial score (nSPS) is 12.2. The van der Waals surface area contributed by atoms with E-state index in [4.69, 9.17) is 0 Å². The Labute approximate surface area is 149 Å². The maximum atomic E-state index is 11.1. The topological polar surface area (TPSA) is 34.1 Å². The summed E-state index contributed by atoms with van der Waals surface area (Å²) in [5.74, 6) is 0.233. The first kappa shape index (κ1) is 20.2. The second kappa shape index (κ2) is 10.1. The van der Waals surface area contributed by atoms with Gasteiger partial charge >= 0.3 is 0 Å². The lowest BCUT2D eigenvalue weighted by atomic mass is 9.95. The predicted molar refractivity (Wildman–Crippen MR) is 106 cm³/mol. The highest BCUT2D eigenvalue weighted by atomic mass is 32.2. The van der Waals surface area contributed by atoms with Crippen LogP contribution in [0.25, 0.3) is 5.57 Å². The summed E-state index contributed by atoms with van der Waals surface area (Å²) in [7, 11) is 0. The standard InChI is InChI=1S/C21H26O2S/c1-6-19(13-21(15(2)3)24-14-22)20-12-18(11-10-16(20)4)9-7-8-17(5)23/h6,10-14H,2,7-9H2,1,3-5H3/b19-6-,21-13-. The molecule has 0 aromatic heterocycles. The summed E-state index contributed by atoms with van der Waals surface area (Å²) in [5, 5.41) is 0. The van der Waals surface area contributed by atoms with Gasteiger partial charge in [-0.25, -0.2) is 0 Å². The molecule has 0 N–H and O–H groups in total. The van der Waals surface area contributed by atoms with Gasteiger partial charge in [0.2, 0.25) is 0 Å². The molecule has 0 bridgehead atoms. The Morgan fingerprint density at radius 2 is 2.00 bits per heavy atom. The van der Waals surface area contributed by atoms with E-state index in [9.17, 15) is 9.59 Å². The van der Waals surface area contributed by atoms with E-state index in [2.05, 4.69) is 37.8 Å². The zero-order valence-electron chi connectivity index (χ0n) is 15.0. The highest BCUT2D eigenvalue weighted by Gasteiger charge is 2.07. The number of carbonyl (C=O) groups is 2. The SMILES string of the molecule is C=C(C)/C(=C/C(=C/C)c1cc(CCCC(C)=O)ccc1C)SC=O. The van der Waals surface area contributed by atoms with E-state index in [-0.39, 0.29) is 5.78 Å². The van der Waals surface area contributed by atoms with Crippen molar-refractivity contribution in [3.63, 3.8) is 0 Å². The lowest BCUT2D eigenvalue weighted by molar-refractivity contribution is -0.117. The molecule has 0 saturated heterocycles. The molecule has 0 heterocycles. The average Bonchev–Trinajstić information content (AvgIpc) is 2.52. The van der Waals surface area contributed by atoms with Crippen molar-refractivity contribution in [1.82, 2.24) is 0 Å². The van der Waals surface area contributed by atoms with Crippen LogP contribution in [0.15, 0.2) is 47.4 Å². The molecule has 1 rings (SSSR count). The summed E-state index contributed by atoms with van der Waals surface area (Å²) >= 11 is 1.15. The van der Waals surface area contributed by atoms with Crippen LogP contribution in [-0.2, 0) is 16.0 Å². The smallest absolute Gasteiger partial charge is 0.180 e. The number of benzene rings is 1. The van der Waals surface area contributed by atoms with Crippen molar-refractivity contribution in [3.8, 4) is 0 Å². The van der Waals surface area contributed by atoms with Crippen LogP contribution in [0.3, 0.4) is 0 Å². The van der Waals surface area contributed by atoms with Gasteiger partial charge in [-0.1, -0.05) is 42.6 Å². The van der Waals surface area contributed by atoms with Gasteiger partial charge in [-0.05, 0) is 74.4 Å². The van der Waals surface area contributed by atoms with Gasteiger partial charge in [0, 0.05) is 11.3 Å². The van der Waals surface area contributed by atoms with Crippen LogP contribution >= 0.6 is 11.8 Å². The molecule has 0 atom stereocenters. The van der Waals surface area contributed by atoms with Gasteiger partial charge in [-0.2, -0.15) is 0 Å². The Bertz CT molecular complexity index is 681. The lowest BCUT2D eigenvalue weighted by Crippen LogP contribution is -1.95. The van der Waals surface area contributed by atoms with E-state index in [1.165, 1.54) is 11.1 Å². The van der Waals surface area contributed by atoms with E-state index in [0.29, 0.717) is 6.42 Å². The first-order valence-electron chi connectivity index (χ1n) is 8.12. The molecule has 0 unspecified atom stereocenters. The van der Waals surface area contributed by atoms with Gasteiger partial charge < -0.3 is 4.79 Å². The maximum absolute atomic E-state index is 11.1. The molecule has 1 aromatic rings. The fraction of sp³-hybridized carbons (Fsp3) is 0.333. The Hall–Kier alpha value is -1.87. The molecule has 0 radical (unpaired) electrons. The van der Waals surface area contributed by atoms with E-state index < -0.39 is 0 Å². The van der Waals surface area contributed by atoms with Crippen LogP contribution in [0.5, 0.6) is 0 Å². The van der Waals surface area contributed by atoms with Crippen LogP contribution in [0.2, 0.25) is 0 Å². The minimum Gasteiger partial charge on any atom is -0.300 e. The molecule has 0 saturated carbocycles. The summed E-state index contributed by atoms with van der Waals surface area (Å²) in [6.07, 6.45) is 6.45. The van der Waals surface area contributed by atoms with Crippen molar-refractivity contribution in [3.05, 3.63) is 64.1 Å². The molecule has 128 valence electrons. The Morgan fingerprint density at radius 1 is 1.29 bits per heavy atom. The summed E-state index contributed by atoms with van der Waals surface area (Å²) < 4.78 is 0. The number of thioether (sulfide) groups is 1. The van der Waals surface area contributed by atoms with Crippen molar-refractivity contribution < 1.29 is 9.59 Å². The zero-order valence-corrected chi connectivity index (χ0v) is 15.8. The van der Waals surface area contributed by atoms with Gasteiger partial charge in [0.15, 0.2) is 5.62 Å². The van der Waals surface area contributed by atoms with E-state index in [1.54, 1.807) is 6.92 Å². The van der Waals surface area contributed by atoms with Gasteiger partial charge in [-0.15, -0.1) is 0 Å². The Kier molecular flexibility index (Phi) is 8.48. The minimum atomic E-state index is 0.233. The number of ketones is 1. The second-order valence-corrected chi connectivity index (χ2v) is 6.82. The monoisotopic (exact) mass is 342 g/mol. The molecule has 0 aliphatic carbocycles. The Morgan fingerprint density at radius 3 is 2.54 bits per heavy atom. The molecule has 0 amide bonds. The quantitative estimate of drug-likeness (QED) is 0.427. The van der Waals surface area contributed by atoms with Crippen LogP contribution < -0.4 is 0 Å². The third kappa shape index (κ3) is 6.32. The molecule has 0 aliphatic heterocycles. The van der Waals surface area contributed by atoms with Crippen molar-refractivity contribution in [2.45, 2.75) is 47.0 Å². The molecular formula is C21H26O2S. The molecular weight excluding hydrogens is 316 g/mol. The van der Waals surface area contributed by atoms with E-state index in [0.717, 1.165) is 51.8 Å². The molecule has 0 fully saturated rings. The third-order valence-electron chi connectivity index (χ3n) is 3.80. The van der Waals surface area contributed by atoms with Crippen molar-refractivity contribution >= 4 is 28.7 Å². The maximum Gasteiger partial charge on any atom is 0.180 e. The Balaban J connectivity index is 3.12. The molecule has 0 aliphatic rings. The number of hydrogen-bond acceptors (Lipinski definition) is 3. The fourth-order valence-electron chi connectivity index (χ4n) is 2.44. The number of rotatable bonds is 9. The van der Waals surface area contributed by atoms with Crippen molar-refractivity contribution in [2.75, 3.05) is 0 Å². The minimum absolute atomic E-state index is 0.233. The predicted octanol–water partition coefficient (Wildman–Crippen LogP) is 5.69. The highest BCUT2D eigenvalue weighted by molar-refractivity contribution is 8.15. The molecule has 24 heavy (non-hydrogen) atoms. The lowest BCUT2D eigenvalue weighted by Gasteiger charge is -2.12. The summed E-state index contributed by atoms with van der Waals surface area (Å²) in [6.45, 7) is 11.6. The van der Waals surface area contributed by atoms with Gasteiger partial charge in [-0.3, -0.25) is 4.79 Å². The van der Waals surface area contributed by atoms with Crippen LogP contribution in [0, 0.1) is 6.92 Å². The van der Waals surface area contributed by atoms with Crippen molar-refractivity contribution in [1.29, 1.82) is 0 Å². The van der Waals surface area contributed by atoms with Gasteiger partial charge in [0.25, 0.3) is 0 Å². The number of allylic oxidation sites excluding steroid dienone is 4. The van der Waals surface area contributed by atoms with E-state index >= 15 is 0 Å². The number of Topliss-reactive ketones (excluding diaryl/α,β-unsaturated/α-hetero) is 1. The average molecular weight is 343 g/mol. The molecule has 0 spiro atoms. The number of hydrogen-bond donors (Lipinski definition) is 0. The van der Waals surface area contributed by atoms with Gasteiger partial charge in [0.1, 0.15) is 5.78 Å². The first-order valence-corrected chi connectivity index (χ1v) is 9.00. The molecule has 3 heteroatoms.